The smallest absolute Gasteiger partial charge is 0.0594 e. The monoisotopic (exact) mass is 341 g/mol. The highest BCUT2D eigenvalue weighted by atomic mass is 32.2. The van der Waals surface area contributed by atoms with Gasteiger partial charge in [-0.3, -0.25) is 4.90 Å². The van der Waals surface area contributed by atoms with Crippen molar-refractivity contribution in [1.29, 1.82) is 0 Å². The Morgan fingerprint density at radius 2 is 1.61 bits per heavy atom. The molecule has 1 saturated carbocycles. The third kappa shape index (κ3) is 5.89. The minimum absolute atomic E-state index is 0.764. The number of nitrogens with zero attached hydrogens (tertiary/aromatic N) is 2. The van der Waals surface area contributed by atoms with Crippen LogP contribution in [0.4, 0.5) is 0 Å². The van der Waals surface area contributed by atoms with Crippen molar-refractivity contribution in [3.05, 3.63) is 0 Å². The van der Waals surface area contributed by atoms with E-state index >= 15 is 0 Å². The van der Waals surface area contributed by atoms with E-state index in [0.717, 1.165) is 43.6 Å². The van der Waals surface area contributed by atoms with E-state index in [9.17, 15) is 0 Å². The van der Waals surface area contributed by atoms with E-state index < -0.39 is 0 Å². The number of ether oxygens (including phenoxy) is 1. The fourth-order valence-corrected chi connectivity index (χ4v) is 5.10. The normalized spacial score (nSPS) is 32.2. The summed E-state index contributed by atoms with van der Waals surface area (Å²) in [5.74, 6) is 0. The molecule has 0 amide bonds. The van der Waals surface area contributed by atoms with E-state index in [4.69, 9.17) is 4.74 Å². The van der Waals surface area contributed by atoms with Gasteiger partial charge in [0, 0.05) is 43.5 Å². The third-order valence-corrected chi connectivity index (χ3v) is 6.95. The van der Waals surface area contributed by atoms with Crippen LogP contribution in [0.3, 0.4) is 0 Å². The molecule has 3 aliphatic rings. The summed E-state index contributed by atoms with van der Waals surface area (Å²) in [4.78, 5) is 5.22. The lowest BCUT2D eigenvalue weighted by atomic mass is 9.93. The van der Waals surface area contributed by atoms with Gasteiger partial charge in [0.1, 0.15) is 0 Å². The van der Waals surface area contributed by atoms with Gasteiger partial charge in [0.15, 0.2) is 0 Å². The predicted molar refractivity (Wildman–Crippen MR) is 99.4 cm³/mol. The van der Waals surface area contributed by atoms with E-state index in [-0.39, 0.29) is 0 Å². The molecule has 0 unspecified atom stereocenters. The van der Waals surface area contributed by atoms with Gasteiger partial charge in [-0.05, 0) is 51.4 Å². The van der Waals surface area contributed by atoms with Crippen LogP contribution in [0.2, 0.25) is 0 Å². The van der Waals surface area contributed by atoms with Gasteiger partial charge in [-0.2, -0.15) is 11.8 Å². The summed E-state index contributed by atoms with van der Waals surface area (Å²) in [7, 11) is 0. The minimum Gasteiger partial charge on any atom is -0.379 e. The minimum atomic E-state index is 0.764. The predicted octanol–water partition coefficient (Wildman–Crippen LogP) is 2.05. The topological polar surface area (TPSA) is 27.7 Å². The number of nitrogens with one attached hydrogen (secondary N) is 1. The third-order valence-electron chi connectivity index (χ3n) is 5.85. The molecule has 23 heavy (non-hydrogen) atoms. The van der Waals surface area contributed by atoms with Crippen LogP contribution >= 0.6 is 11.8 Å². The van der Waals surface area contributed by atoms with Crippen molar-refractivity contribution in [2.45, 2.75) is 55.9 Å². The van der Waals surface area contributed by atoms with Crippen LogP contribution in [0.5, 0.6) is 0 Å². The molecule has 134 valence electrons. The molecule has 4 nitrogen and oxygen atoms in total. The molecule has 1 N–H and O–H groups in total. The zero-order valence-corrected chi connectivity index (χ0v) is 15.7. The maximum atomic E-state index is 5.43. The van der Waals surface area contributed by atoms with Gasteiger partial charge in [-0.25, -0.2) is 0 Å². The summed E-state index contributed by atoms with van der Waals surface area (Å²) in [6, 6.07) is 1.55. The van der Waals surface area contributed by atoms with Crippen molar-refractivity contribution in [1.82, 2.24) is 15.1 Å². The highest BCUT2D eigenvalue weighted by Gasteiger charge is 2.26. The zero-order chi connectivity index (χ0) is 15.9. The second kappa shape index (κ2) is 9.62. The molecular weight excluding hydrogens is 306 g/mol. The molecule has 3 fully saturated rings. The molecule has 2 heterocycles. The van der Waals surface area contributed by atoms with Gasteiger partial charge < -0.3 is 15.0 Å². The van der Waals surface area contributed by atoms with Crippen LogP contribution in [-0.4, -0.2) is 85.9 Å². The molecule has 0 spiro atoms. The van der Waals surface area contributed by atoms with Crippen LogP contribution in [0.15, 0.2) is 0 Å². The van der Waals surface area contributed by atoms with E-state index in [2.05, 4.69) is 33.1 Å². The van der Waals surface area contributed by atoms with E-state index in [0.29, 0.717) is 0 Å². The van der Waals surface area contributed by atoms with Gasteiger partial charge in [0.2, 0.25) is 0 Å². The summed E-state index contributed by atoms with van der Waals surface area (Å²) in [6.45, 7) is 9.10. The van der Waals surface area contributed by atoms with Gasteiger partial charge in [0.05, 0.1) is 13.2 Å². The molecule has 3 rings (SSSR count). The maximum Gasteiger partial charge on any atom is 0.0594 e. The highest BCUT2D eigenvalue weighted by Crippen LogP contribution is 2.27. The number of piperidine rings is 1. The van der Waals surface area contributed by atoms with Crippen molar-refractivity contribution in [2.75, 3.05) is 58.7 Å². The molecule has 2 atom stereocenters. The fraction of sp³-hybridized carbons (Fsp3) is 1.00. The lowest BCUT2D eigenvalue weighted by Crippen LogP contribution is -2.49. The van der Waals surface area contributed by atoms with Crippen LogP contribution in [0.25, 0.3) is 0 Å². The summed E-state index contributed by atoms with van der Waals surface area (Å²) in [5, 5.41) is 4.88. The Hall–Kier alpha value is 0.190. The van der Waals surface area contributed by atoms with Crippen molar-refractivity contribution in [3.8, 4) is 0 Å². The first-order valence-electron chi connectivity index (χ1n) is 9.65. The lowest BCUT2D eigenvalue weighted by molar-refractivity contribution is 0.0317. The quantitative estimate of drug-likeness (QED) is 0.798. The van der Waals surface area contributed by atoms with Crippen LogP contribution in [0.1, 0.15) is 38.5 Å². The van der Waals surface area contributed by atoms with E-state index in [1.54, 1.807) is 0 Å². The summed E-state index contributed by atoms with van der Waals surface area (Å²) in [6.07, 6.45) is 10.6. The molecule has 0 bridgehead atoms. The Kier molecular flexibility index (Phi) is 7.52. The van der Waals surface area contributed by atoms with Gasteiger partial charge in [-0.15, -0.1) is 0 Å². The molecule has 1 aliphatic carbocycles. The van der Waals surface area contributed by atoms with E-state index in [1.807, 2.05) is 0 Å². The number of thioether (sulfide) groups is 1. The fourth-order valence-electron chi connectivity index (χ4n) is 4.27. The summed E-state index contributed by atoms with van der Waals surface area (Å²) in [5.41, 5.74) is 0. The maximum absolute atomic E-state index is 5.43. The first-order chi connectivity index (χ1) is 11.3. The standard InChI is InChI=1S/C18H35N3OS/c1-23-18-4-2-3-17(15-18)19-16-5-7-20(8-6-16)9-10-21-11-13-22-14-12-21/h16-19H,2-15H2,1H3/t17-,18-/m0/s1. The summed E-state index contributed by atoms with van der Waals surface area (Å²) >= 11 is 2.07. The van der Waals surface area contributed by atoms with Crippen molar-refractivity contribution < 1.29 is 4.74 Å². The summed E-state index contributed by atoms with van der Waals surface area (Å²) < 4.78 is 5.43. The first-order valence-corrected chi connectivity index (χ1v) is 10.9. The van der Waals surface area contributed by atoms with Crippen LogP contribution < -0.4 is 5.32 Å². The molecule has 5 heteroatoms. The zero-order valence-electron chi connectivity index (χ0n) is 14.8. The average molecular weight is 342 g/mol. The van der Waals surface area contributed by atoms with Crippen LogP contribution in [-0.2, 0) is 4.74 Å². The molecule has 0 aromatic rings. The Bertz CT molecular complexity index is 330. The SMILES string of the molecule is CS[C@H]1CCC[C@H](NC2CCN(CCN3CCOCC3)CC2)C1. The van der Waals surface area contributed by atoms with Crippen molar-refractivity contribution >= 4 is 11.8 Å². The Morgan fingerprint density at radius 1 is 0.913 bits per heavy atom. The average Bonchev–Trinajstić information content (AvgIpc) is 2.62. The number of rotatable bonds is 6. The number of hydrogen-bond donors (Lipinski definition) is 1. The van der Waals surface area contributed by atoms with Crippen molar-refractivity contribution in [2.24, 2.45) is 0 Å². The Balaban J connectivity index is 1.30. The number of likely N-dealkylation sites (tertiary alicyclic amines) is 1. The second-order valence-electron chi connectivity index (χ2n) is 7.46. The molecular formula is C18H35N3OS. The lowest BCUT2D eigenvalue weighted by Gasteiger charge is -2.37. The molecule has 0 aromatic heterocycles. The molecule has 0 aromatic carbocycles. The first kappa shape index (κ1) is 18.0. The molecule has 2 saturated heterocycles. The largest absolute Gasteiger partial charge is 0.379 e. The van der Waals surface area contributed by atoms with Gasteiger partial charge >= 0.3 is 0 Å². The molecule has 0 radical (unpaired) electrons. The second-order valence-corrected chi connectivity index (χ2v) is 8.60. The van der Waals surface area contributed by atoms with E-state index in [1.165, 1.54) is 64.7 Å². The highest BCUT2D eigenvalue weighted by molar-refractivity contribution is 7.99. The number of hydrogen-bond acceptors (Lipinski definition) is 5. The van der Waals surface area contributed by atoms with Gasteiger partial charge in [0.25, 0.3) is 0 Å². The van der Waals surface area contributed by atoms with Gasteiger partial charge in [-0.1, -0.05) is 6.42 Å². The Labute approximate surface area is 146 Å². The molecule has 2 aliphatic heterocycles. The van der Waals surface area contributed by atoms with Crippen molar-refractivity contribution in [3.63, 3.8) is 0 Å². The Morgan fingerprint density at radius 3 is 2.30 bits per heavy atom. The van der Waals surface area contributed by atoms with Crippen LogP contribution in [0, 0.1) is 0 Å². The number of morpholine rings is 1.